The van der Waals surface area contributed by atoms with E-state index in [0.717, 1.165) is 46.3 Å². The molecule has 0 radical (unpaired) electrons. The molecule has 8 nitrogen and oxygen atoms in total. The maximum Gasteiger partial charge on any atom is 0.304 e. The zero-order chi connectivity index (χ0) is 30.1. The van der Waals surface area contributed by atoms with Gasteiger partial charge in [0.25, 0.3) is 0 Å². The maximum atomic E-state index is 14.9. The molecule has 1 fully saturated rings. The average Bonchev–Trinajstić information content (AvgIpc) is 2.99. The lowest BCUT2D eigenvalue weighted by molar-refractivity contribution is -0.140. The van der Waals surface area contributed by atoms with E-state index in [2.05, 4.69) is 5.32 Å². The number of benzene rings is 3. The number of carbonyl (C=O) groups is 2. The molecule has 3 aromatic rings. The number of carbonyl (C=O) groups excluding carboxylic acids is 2. The predicted molar refractivity (Wildman–Crippen MR) is 162 cm³/mol. The van der Waals surface area contributed by atoms with Crippen molar-refractivity contribution in [2.75, 3.05) is 24.9 Å². The molecule has 1 aliphatic carbocycles. The second-order valence-corrected chi connectivity index (χ2v) is 12.9. The van der Waals surface area contributed by atoms with Gasteiger partial charge in [-0.1, -0.05) is 86.0 Å². The summed E-state index contributed by atoms with van der Waals surface area (Å²) in [6, 6.07) is 22.8. The van der Waals surface area contributed by atoms with Crippen LogP contribution in [0.5, 0.6) is 0 Å². The minimum atomic E-state index is -4.08. The Kier molecular flexibility index (Phi) is 10.7. The van der Waals surface area contributed by atoms with E-state index in [1.54, 1.807) is 48.5 Å². The summed E-state index contributed by atoms with van der Waals surface area (Å²) in [7, 11) is -1.30. The minimum Gasteiger partial charge on any atom is -0.352 e. The van der Waals surface area contributed by atoms with Crippen molar-refractivity contribution in [3.8, 4) is 0 Å². The smallest absolute Gasteiger partial charge is 0.304 e. The number of halogens is 1. The van der Waals surface area contributed by atoms with Crippen LogP contribution in [0, 0.1) is 5.82 Å². The van der Waals surface area contributed by atoms with Crippen LogP contribution >= 0.6 is 0 Å². The van der Waals surface area contributed by atoms with Crippen molar-refractivity contribution >= 4 is 27.7 Å². The Morgan fingerprint density at radius 2 is 1.48 bits per heavy atom. The summed E-state index contributed by atoms with van der Waals surface area (Å²) in [4.78, 5) is 29.5. The Balaban J connectivity index is 1.75. The van der Waals surface area contributed by atoms with Gasteiger partial charge in [0.1, 0.15) is 18.4 Å². The fraction of sp³-hybridized carbons (Fsp3) is 0.375. The van der Waals surface area contributed by atoms with E-state index in [4.69, 9.17) is 0 Å². The monoisotopic (exact) mass is 594 g/mol. The highest BCUT2D eigenvalue weighted by Gasteiger charge is 2.35. The normalized spacial score (nSPS) is 14.8. The van der Waals surface area contributed by atoms with Crippen molar-refractivity contribution in [2.45, 2.75) is 57.2 Å². The fourth-order valence-electron chi connectivity index (χ4n) is 5.22. The summed E-state index contributed by atoms with van der Waals surface area (Å²) in [6.45, 7) is -0.771. The molecule has 2 amide bonds. The molecule has 4 rings (SSSR count). The first-order valence-electron chi connectivity index (χ1n) is 14.3. The van der Waals surface area contributed by atoms with Gasteiger partial charge in [-0.15, -0.1) is 0 Å². The Morgan fingerprint density at radius 1 is 0.881 bits per heavy atom. The standard InChI is InChI=1S/C32H39FN4O4S/c1-35(2)42(40,41)37(28-19-10-5-11-20-28)24-31(38)36(23-26-16-12-13-21-29(26)33)30(22-25-14-6-3-7-15-25)32(39)34-27-17-8-4-9-18-27/h3,5-7,10-16,19-21,27,30H,4,8-9,17-18,22-24H2,1-2H3,(H,34,39). The van der Waals surface area contributed by atoms with Crippen molar-refractivity contribution in [1.29, 1.82) is 0 Å². The summed E-state index contributed by atoms with van der Waals surface area (Å²) in [6.07, 6.45) is 5.04. The van der Waals surface area contributed by atoms with Gasteiger partial charge < -0.3 is 10.2 Å². The van der Waals surface area contributed by atoms with Crippen LogP contribution in [-0.2, 0) is 32.8 Å². The summed E-state index contributed by atoms with van der Waals surface area (Å²) in [5.74, 6) is -1.47. The highest BCUT2D eigenvalue weighted by Crippen LogP contribution is 2.23. The SMILES string of the molecule is CN(C)S(=O)(=O)N(CC(=O)N(Cc1ccccc1F)C(Cc1ccccc1)C(=O)NC1CCCCC1)c1ccccc1. The van der Waals surface area contributed by atoms with E-state index >= 15 is 0 Å². The molecule has 0 heterocycles. The van der Waals surface area contributed by atoms with Gasteiger partial charge in [-0.2, -0.15) is 12.7 Å². The molecule has 0 aliphatic heterocycles. The zero-order valence-corrected chi connectivity index (χ0v) is 25.0. The molecule has 1 saturated carbocycles. The lowest BCUT2D eigenvalue weighted by atomic mass is 9.94. The van der Waals surface area contributed by atoms with Crippen LogP contribution in [0.25, 0.3) is 0 Å². The van der Waals surface area contributed by atoms with Crippen molar-refractivity contribution < 1.29 is 22.4 Å². The molecule has 1 atom stereocenters. The van der Waals surface area contributed by atoms with E-state index in [-0.39, 0.29) is 30.5 Å². The zero-order valence-electron chi connectivity index (χ0n) is 24.2. The van der Waals surface area contributed by atoms with Crippen LogP contribution in [0.3, 0.4) is 0 Å². The molecule has 0 saturated heterocycles. The molecule has 1 N–H and O–H groups in total. The Morgan fingerprint density at radius 3 is 2.10 bits per heavy atom. The second kappa shape index (κ2) is 14.4. The summed E-state index contributed by atoms with van der Waals surface area (Å²) in [5.41, 5.74) is 1.36. The second-order valence-electron chi connectivity index (χ2n) is 10.8. The quantitative estimate of drug-likeness (QED) is 0.334. The minimum absolute atomic E-state index is 0.00938. The van der Waals surface area contributed by atoms with Gasteiger partial charge in [0.05, 0.1) is 5.69 Å². The topological polar surface area (TPSA) is 90.0 Å². The lowest BCUT2D eigenvalue weighted by Crippen LogP contribution is -2.55. The van der Waals surface area contributed by atoms with Crippen LogP contribution < -0.4 is 9.62 Å². The predicted octanol–water partition coefficient (Wildman–Crippen LogP) is 4.53. The Hall–Kier alpha value is -3.76. The molecule has 0 spiro atoms. The van der Waals surface area contributed by atoms with E-state index < -0.39 is 34.5 Å². The van der Waals surface area contributed by atoms with Crippen molar-refractivity contribution in [3.05, 3.63) is 102 Å². The van der Waals surface area contributed by atoms with Gasteiger partial charge in [0, 0.05) is 38.7 Å². The summed E-state index contributed by atoms with van der Waals surface area (Å²) >= 11 is 0. The molecular weight excluding hydrogens is 555 g/mol. The van der Waals surface area contributed by atoms with E-state index in [0.29, 0.717) is 5.69 Å². The summed E-state index contributed by atoms with van der Waals surface area (Å²) in [5, 5.41) is 3.14. The number of para-hydroxylation sites is 1. The number of nitrogens with zero attached hydrogens (tertiary/aromatic N) is 3. The molecule has 3 aromatic carbocycles. The van der Waals surface area contributed by atoms with Crippen LogP contribution in [0.15, 0.2) is 84.9 Å². The largest absolute Gasteiger partial charge is 0.352 e. The van der Waals surface area contributed by atoms with E-state index in [9.17, 15) is 22.4 Å². The van der Waals surface area contributed by atoms with Gasteiger partial charge in [-0.3, -0.25) is 9.59 Å². The number of nitrogens with one attached hydrogen (secondary N) is 1. The Bertz CT molecular complexity index is 1430. The third-order valence-corrected chi connectivity index (χ3v) is 9.40. The van der Waals surface area contributed by atoms with Gasteiger partial charge in [-0.05, 0) is 36.6 Å². The third-order valence-electron chi connectivity index (χ3n) is 7.58. The first-order chi connectivity index (χ1) is 20.2. The molecule has 1 aliphatic rings. The number of amides is 2. The van der Waals surface area contributed by atoms with E-state index in [1.165, 1.54) is 25.1 Å². The van der Waals surface area contributed by atoms with Gasteiger partial charge in [0.2, 0.25) is 11.8 Å². The molecule has 0 bridgehead atoms. The Labute approximate surface area is 248 Å². The molecule has 224 valence electrons. The highest BCUT2D eigenvalue weighted by atomic mass is 32.2. The van der Waals surface area contributed by atoms with Crippen LogP contribution in [-0.4, -0.2) is 62.2 Å². The lowest BCUT2D eigenvalue weighted by Gasteiger charge is -2.35. The van der Waals surface area contributed by atoms with Crippen LogP contribution in [0.2, 0.25) is 0 Å². The molecule has 1 unspecified atom stereocenters. The molecule has 42 heavy (non-hydrogen) atoms. The van der Waals surface area contributed by atoms with Gasteiger partial charge in [-0.25, -0.2) is 8.70 Å². The van der Waals surface area contributed by atoms with Crippen molar-refractivity contribution in [2.24, 2.45) is 0 Å². The van der Waals surface area contributed by atoms with Gasteiger partial charge >= 0.3 is 10.2 Å². The number of rotatable bonds is 12. The summed E-state index contributed by atoms with van der Waals surface area (Å²) < 4.78 is 43.8. The van der Waals surface area contributed by atoms with Crippen molar-refractivity contribution in [3.63, 3.8) is 0 Å². The maximum absolute atomic E-state index is 14.9. The molecular formula is C32H39FN4O4S. The van der Waals surface area contributed by atoms with Crippen LogP contribution in [0.1, 0.15) is 43.2 Å². The average molecular weight is 595 g/mol. The molecule has 10 heteroatoms. The third kappa shape index (κ3) is 7.95. The van der Waals surface area contributed by atoms with Gasteiger partial charge in [0.15, 0.2) is 0 Å². The first-order valence-corrected chi connectivity index (χ1v) is 15.7. The number of hydrogen-bond donors (Lipinski definition) is 1. The van der Waals surface area contributed by atoms with Crippen LogP contribution in [0.4, 0.5) is 10.1 Å². The number of anilines is 1. The number of hydrogen-bond acceptors (Lipinski definition) is 4. The fourth-order valence-corrected chi connectivity index (χ4v) is 6.28. The highest BCUT2D eigenvalue weighted by molar-refractivity contribution is 7.90. The first kappa shape index (κ1) is 31.2. The van der Waals surface area contributed by atoms with E-state index in [1.807, 2.05) is 30.3 Å². The molecule has 0 aromatic heterocycles. The van der Waals surface area contributed by atoms with Crippen molar-refractivity contribution in [1.82, 2.24) is 14.5 Å².